The number of hydrogen-bond acceptors (Lipinski definition) is 4. The second-order valence-electron chi connectivity index (χ2n) is 16.1. The zero-order valence-electron chi connectivity index (χ0n) is 25.5. The Bertz CT molecular complexity index is 970. The van der Waals surface area contributed by atoms with Crippen LogP contribution in [0.1, 0.15) is 126 Å². The van der Waals surface area contributed by atoms with Crippen molar-refractivity contribution in [3.05, 3.63) is 11.6 Å². The molecule has 4 fully saturated rings. The molecule has 5 rings (SSSR count). The Labute approximate surface area is 232 Å². The molecule has 0 aromatic heterocycles. The quantitative estimate of drug-likeness (QED) is 0.221. The summed E-state index contributed by atoms with van der Waals surface area (Å²) in [4.78, 5) is 13.9. The van der Waals surface area contributed by atoms with Crippen LogP contribution in [-0.4, -0.2) is 35.5 Å². The lowest BCUT2D eigenvalue weighted by Crippen LogP contribution is -2.66. The van der Waals surface area contributed by atoms with Gasteiger partial charge in [0.25, 0.3) is 0 Å². The number of rotatable bonds is 5. The van der Waals surface area contributed by atoms with Gasteiger partial charge in [-0.05, 0) is 110 Å². The number of esters is 1. The summed E-state index contributed by atoms with van der Waals surface area (Å²) in [5.74, 6) is 1.22. The molecule has 1 unspecified atom stereocenters. The summed E-state index contributed by atoms with van der Waals surface area (Å²) in [7, 11) is 0. The van der Waals surface area contributed by atoms with Crippen molar-refractivity contribution in [2.75, 3.05) is 13.2 Å². The first-order chi connectivity index (χ1) is 17.7. The van der Waals surface area contributed by atoms with Crippen LogP contribution in [-0.2, 0) is 9.53 Å². The highest BCUT2D eigenvalue weighted by Crippen LogP contribution is 2.75. The Morgan fingerprint density at radius 1 is 0.974 bits per heavy atom. The Morgan fingerprint density at radius 3 is 2.37 bits per heavy atom. The monoisotopic (exact) mass is 528 g/mol. The van der Waals surface area contributed by atoms with Crippen molar-refractivity contribution in [3.63, 3.8) is 0 Å². The second-order valence-corrected chi connectivity index (χ2v) is 16.1. The maximum Gasteiger partial charge on any atom is 0.312 e. The van der Waals surface area contributed by atoms with E-state index in [0.29, 0.717) is 18.4 Å². The lowest BCUT2D eigenvalue weighted by Gasteiger charge is -2.71. The summed E-state index contributed by atoms with van der Waals surface area (Å²) in [6.45, 7) is 17.3. The molecule has 4 saturated carbocycles. The fourth-order valence-electron chi connectivity index (χ4n) is 11.1. The maximum atomic E-state index is 13.9. The third-order valence-corrected chi connectivity index (χ3v) is 13.9. The summed E-state index contributed by atoms with van der Waals surface area (Å²) >= 11 is 0. The number of fused-ring (bicyclic) bond motifs is 7. The van der Waals surface area contributed by atoms with Crippen LogP contribution < -0.4 is 0 Å². The number of allylic oxidation sites excluding steroid dienone is 2. The van der Waals surface area contributed by atoms with Crippen molar-refractivity contribution in [2.45, 2.75) is 132 Å². The Morgan fingerprint density at radius 2 is 1.68 bits per heavy atom. The Hall–Kier alpha value is -0.870. The summed E-state index contributed by atoms with van der Waals surface area (Å²) < 4.78 is 6.01. The SMILES string of the molecule is CCCCOC(=O)[C@]12CCC(C)(C)C[C@H]1C1=CCC3[C@@]4(C)CC[C@H](O)[C@@](C)(CO)[C@@H]4CC[C@@]3(C)[C@]1(C)CC2. The minimum absolute atomic E-state index is 0.0655. The number of carbonyl (C=O) groups is 1. The van der Waals surface area contributed by atoms with E-state index >= 15 is 0 Å². The molecule has 2 N–H and O–H groups in total. The number of carbonyl (C=O) groups excluding carboxylic acids is 1. The average Bonchev–Trinajstić information content (AvgIpc) is 2.86. The summed E-state index contributed by atoms with van der Waals surface area (Å²) in [6.07, 6.45) is 14.4. The molecule has 9 atom stereocenters. The Kier molecular flexibility index (Phi) is 7.03. The Balaban J connectivity index is 1.55. The molecule has 5 aliphatic carbocycles. The summed E-state index contributed by atoms with van der Waals surface area (Å²) in [5, 5.41) is 21.5. The molecule has 5 aliphatic rings. The molecule has 0 amide bonds. The number of ether oxygens (including phenoxy) is 1. The topological polar surface area (TPSA) is 66.8 Å². The van der Waals surface area contributed by atoms with Gasteiger partial charge >= 0.3 is 5.97 Å². The van der Waals surface area contributed by atoms with E-state index in [9.17, 15) is 15.0 Å². The standard InChI is InChI=1S/C34H56O4/c1-8-9-20-38-28(37)34-18-16-29(2,3)21-24(34)23-10-11-26-30(4)14-13-27(36)31(5,22-35)25(30)12-15-33(26,7)32(23,6)17-19-34/h10,24-27,35-36H,8-9,11-22H2,1-7H3/t24-,25+,26?,27-,30-,31-,32+,33+,34-/m0/s1. The lowest BCUT2D eigenvalue weighted by atomic mass is 9.33. The van der Waals surface area contributed by atoms with Gasteiger partial charge in [0.05, 0.1) is 24.7 Å². The fraction of sp³-hybridized carbons (Fsp3) is 0.912. The van der Waals surface area contributed by atoms with Crippen molar-refractivity contribution in [3.8, 4) is 0 Å². The first-order valence-corrected chi connectivity index (χ1v) is 15.9. The van der Waals surface area contributed by atoms with Crippen molar-refractivity contribution >= 4 is 5.97 Å². The number of unbranched alkanes of at least 4 members (excludes halogenated alkanes) is 1. The molecule has 216 valence electrons. The van der Waals surface area contributed by atoms with Gasteiger partial charge in [-0.25, -0.2) is 0 Å². The fourth-order valence-corrected chi connectivity index (χ4v) is 11.1. The largest absolute Gasteiger partial charge is 0.465 e. The van der Waals surface area contributed by atoms with Crippen LogP contribution in [0.4, 0.5) is 0 Å². The molecule has 0 bridgehead atoms. The average molecular weight is 529 g/mol. The molecule has 4 nitrogen and oxygen atoms in total. The molecular formula is C34H56O4. The van der Waals surface area contributed by atoms with E-state index in [1.54, 1.807) is 5.57 Å². The van der Waals surface area contributed by atoms with Gasteiger partial charge in [0, 0.05) is 5.41 Å². The predicted molar refractivity (Wildman–Crippen MR) is 152 cm³/mol. The highest BCUT2D eigenvalue weighted by atomic mass is 16.5. The van der Waals surface area contributed by atoms with E-state index in [-0.39, 0.29) is 45.6 Å². The normalized spacial score (nSPS) is 49.6. The van der Waals surface area contributed by atoms with Crippen LogP contribution >= 0.6 is 0 Å². The molecular weight excluding hydrogens is 472 g/mol. The van der Waals surface area contributed by atoms with E-state index in [2.05, 4.69) is 54.5 Å². The van der Waals surface area contributed by atoms with E-state index in [4.69, 9.17) is 4.74 Å². The molecule has 0 radical (unpaired) electrons. The number of hydrogen-bond donors (Lipinski definition) is 2. The van der Waals surface area contributed by atoms with E-state index in [1.165, 1.54) is 0 Å². The molecule has 4 heteroatoms. The van der Waals surface area contributed by atoms with Gasteiger partial charge in [-0.2, -0.15) is 0 Å². The number of aliphatic hydroxyl groups excluding tert-OH is 2. The molecule has 0 heterocycles. The van der Waals surface area contributed by atoms with Crippen LogP contribution in [0, 0.1) is 50.2 Å². The smallest absolute Gasteiger partial charge is 0.312 e. The molecule has 38 heavy (non-hydrogen) atoms. The summed E-state index contributed by atoms with van der Waals surface area (Å²) in [6, 6.07) is 0. The molecule has 0 saturated heterocycles. The van der Waals surface area contributed by atoms with Crippen molar-refractivity contribution < 1.29 is 19.7 Å². The highest BCUT2D eigenvalue weighted by molar-refractivity contribution is 5.78. The first-order valence-electron chi connectivity index (χ1n) is 15.9. The van der Waals surface area contributed by atoms with Crippen LogP contribution in [0.15, 0.2) is 11.6 Å². The maximum absolute atomic E-state index is 13.9. The molecule has 0 aromatic carbocycles. The van der Waals surface area contributed by atoms with Gasteiger partial charge in [-0.1, -0.05) is 66.5 Å². The zero-order chi connectivity index (χ0) is 27.8. The third-order valence-electron chi connectivity index (χ3n) is 13.9. The first kappa shape index (κ1) is 28.7. The van der Waals surface area contributed by atoms with Crippen LogP contribution in [0.5, 0.6) is 0 Å². The lowest BCUT2D eigenvalue weighted by molar-refractivity contribution is -0.217. The van der Waals surface area contributed by atoms with Crippen LogP contribution in [0.25, 0.3) is 0 Å². The van der Waals surface area contributed by atoms with Crippen molar-refractivity contribution in [1.82, 2.24) is 0 Å². The van der Waals surface area contributed by atoms with Crippen molar-refractivity contribution in [2.24, 2.45) is 50.2 Å². The van der Waals surface area contributed by atoms with E-state index in [1.807, 2.05) is 0 Å². The highest BCUT2D eigenvalue weighted by Gasteiger charge is 2.69. The van der Waals surface area contributed by atoms with Gasteiger partial charge < -0.3 is 14.9 Å². The van der Waals surface area contributed by atoms with E-state index < -0.39 is 11.5 Å². The minimum Gasteiger partial charge on any atom is -0.465 e. The second kappa shape index (κ2) is 9.33. The van der Waals surface area contributed by atoms with Crippen LogP contribution in [0.2, 0.25) is 0 Å². The van der Waals surface area contributed by atoms with Gasteiger partial charge in [-0.3, -0.25) is 4.79 Å². The van der Waals surface area contributed by atoms with Gasteiger partial charge in [0.2, 0.25) is 0 Å². The van der Waals surface area contributed by atoms with Crippen molar-refractivity contribution in [1.29, 1.82) is 0 Å². The van der Waals surface area contributed by atoms with Crippen LogP contribution in [0.3, 0.4) is 0 Å². The third kappa shape index (κ3) is 3.77. The zero-order valence-corrected chi connectivity index (χ0v) is 25.5. The van der Waals surface area contributed by atoms with E-state index in [0.717, 1.165) is 77.0 Å². The van der Waals surface area contributed by atoms with Gasteiger partial charge in [0.1, 0.15) is 0 Å². The van der Waals surface area contributed by atoms with Gasteiger partial charge in [-0.15, -0.1) is 0 Å². The van der Waals surface area contributed by atoms with Gasteiger partial charge in [0.15, 0.2) is 0 Å². The summed E-state index contributed by atoms with van der Waals surface area (Å²) in [5.41, 5.74) is 1.36. The predicted octanol–water partition coefficient (Wildman–Crippen LogP) is 7.46. The molecule has 0 aromatic rings. The number of aliphatic hydroxyl groups is 2. The molecule has 0 spiro atoms. The molecule has 0 aliphatic heterocycles. The minimum atomic E-state index is -0.420.